The SMILES string of the molecule is CC.CCC(=O)Nc1cc(C(=O)Nc2ccc(N)c(F)c2)ccc1OC. The third kappa shape index (κ3) is 5.47. The highest BCUT2D eigenvalue weighted by atomic mass is 19.1. The first kappa shape index (κ1) is 21.0. The van der Waals surface area contributed by atoms with E-state index in [1.165, 1.54) is 25.3 Å². The molecule has 0 aliphatic carbocycles. The summed E-state index contributed by atoms with van der Waals surface area (Å²) in [6, 6.07) is 8.62. The van der Waals surface area contributed by atoms with E-state index in [1.807, 2.05) is 13.8 Å². The Balaban J connectivity index is 0.00000163. The van der Waals surface area contributed by atoms with Crippen molar-refractivity contribution in [3.05, 3.63) is 47.8 Å². The standard InChI is InChI=1S/C17H18FN3O3.C2H6/c1-3-16(22)21-14-8-10(4-7-15(14)24-2)17(23)20-11-5-6-13(19)12(18)9-11;1-2/h4-9H,3,19H2,1-2H3,(H,20,23)(H,21,22);1-2H3. The van der Waals surface area contributed by atoms with Gasteiger partial charge in [-0.1, -0.05) is 20.8 Å². The first-order valence-electron chi connectivity index (χ1n) is 8.29. The summed E-state index contributed by atoms with van der Waals surface area (Å²) in [4.78, 5) is 23.9. The average molecular weight is 361 g/mol. The Morgan fingerprint density at radius 2 is 1.81 bits per heavy atom. The molecule has 7 heteroatoms. The number of anilines is 3. The van der Waals surface area contributed by atoms with Crippen LogP contribution in [0.15, 0.2) is 36.4 Å². The lowest BCUT2D eigenvalue weighted by molar-refractivity contribution is -0.115. The van der Waals surface area contributed by atoms with Gasteiger partial charge in [0.2, 0.25) is 5.91 Å². The zero-order valence-electron chi connectivity index (χ0n) is 15.4. The second-order valence-electron chi connectivity index (χ2n) is 5.01. The molecule has 0 bridgehead atoms. The maximum absolute atomic E-state index is 13.4. The molecule has 6 nitrogen and oxygen atoms in total. The molecule has 0 aromatic heterocycles. The zero-order valence-corrected chi connectivity index (χ0v) is 15.4. The van der Waals surface area contributed by atoms with Crippen LogP contribution >= 0.6 is 0 Å². The number of nitrogen functional groups attached to an aromatic ring is 1. The number of hydrogen-bond acceptors (Lipinski definition) is 4. The van der Waals surface area contributed by atoms with Crippen molar-refractivity contribution in [1.82, 2.24) is 0 Å². The van der Waals surface area contributed by atoms with E-state index in [9.17, 15) is 14.0 Å². The summed E-state index contributed by atoms with van der Waals surface area (Å²) in [6.45, 7) is 5.72. The number of ether oxygens (including phenoxy) is 1. The minimum Gasteiger partial charge on any atom is -0.495 e. The molecular weight excluding hydrogens is 337 g/mol. The summed E-state index contributed by atoms with van der Waals surface area (Å²) in [5.41, 5.74) is 6.36. The molecule has 0 saturated carbocycles. The molecule has 140 valence electrons. The van der Waals surface area contributed by atoms with Crippen LogP contribution in [0.5, 0.6) is 5.75 Å². The molecule has 2 amide bonds. The molecule has 0 spiro atoms. The summed E-state index contributed by atoms with van der Waals surface area (Å²) < 4.78 is 18.6. The Bertz CT molecular complexity index is 779. The summed E-state index contributed by atoms with van der Waals surface area (Å²) in [5.74, 6) is -0.828. The predicted octanol–water partition coefficient (Wildman–Crippen LogP) is 4.04. The lowest BCUT2D eigenvalue weighted by Crippen LogP contribution is -2.14. The van der Waals surface area contributed by atoms with Crippen molar-refractivity contribution in [1.29, 1.82) is 0 Å². The van der Waals surface area contributed by atoms with Gasteiger partial charge < -0.3 is 21.1 Å². The van der Waals surface area contributed by atoms with E-state index in [2.05, 4.69) is 10.6 Å². The molecule has 26 heavy (non-hydrogen) atoms. The minimum atomic E-state index is -0.613. The van der Waals surface area contributed by atoms with Crippen molar-refractivity contribution in [3.63, 3.8) is 0 Å². The molecule has 0 radical (unpaired) electrons. The normalized spacial score (nSPS) is 9.58. The Hall–Kier alpha value is -3.09. The van der Waals surface area contributed by atoms with E-state index in [0.29, 0.717) is 23.4 Å². The van der Waals surface area contributed by atoms with Crippen molar-refractivity contribution in [2.45, 2.75) is 27.2 Å². The van der Waals surface area contributed by atoms with E-state index in [1.54, 1.807) is 19.1 Å². The molecule has 2 rings (SSSR count). The fourth-order valence-corrected chi connectivity index (χ4v) is 1.99. The van der Waals surface area contributed by atoms with Gasteiger partial charge in [0.05, 0.1) is 18.5 Å². The van der Waals surface area contributed by atoms with Crippen LogP contribution in [0.4, 0.5) is 21.5 Å². The van der Waals surface area contributed by atoms with Crippen molar-refractivity contribution < 1.29 is 18.7 Å². The molecule has 0 unspecified atom stereocenters. The topological polar surface area (TPSA) is 93.5 Å². The highest BCUT2D eigenvalue weighted by Crippen LogP contribution is 2.26. The maximum atomic E-state index is 13.4. The Labute approximate surface area is 152 Å². The Kier molecular flexibility index (Phi) is 8.08. The number of methoxy groups -OCH3 is 1. The fraction of sp³-hybridized carbons (Fsp3) is 0.263. The van der Waals surface area contributed by atoms with E-state index < -0.39 is 11.7 Å². The number of carbonyl (C=O) groups excluding carboxylic acids is 2. The number of halogens is 1. The summed E-state index contributed by atoms with van der Waals surface area (Å²) in [5, 5.41) is 5.24. The highest BCUT2D eigenvalue weighted by molar-refractivity contribution is 6.05. The molecule has 0 atom stereocenters. The average Bonchev–Trinajstić information content (AvgIpc) is 2.66. The van der Waals surface area contributed by atoms with Crippen LogP contribution in [0.1, 0.15) is 37.6 Å². The molecule has 0 heterocycles. The zero-order chi connectivity index (χ0) is 19.7. The third-order valence-corrected chi connectivity index (χ3v) is 3.32. The van der Waals surface area contributed by atoms with E-state index in [-0.39, 0.29) is 17.3 Å². The van der Waals surface area contributed by atoms with Gasteiger partial charge in [0.15, 0.2) is 0 Å². The fourth-order valence-electron chi connectivity index (χ4n) is 1.99. The first-order valence-corrected chi connectivity index (χ1v) is 8.29. The third-order valence-electron chi connectivity index (χ3n) is 3.32. The van der Waals surface area contributed by atoms with Crippen LogP contribution in [0, 0.1) is 5.82 Å². The molecule has 2 aromatic rings. The number of carbonyl (C=O) groups is 2. The molecule has 0 fully saturated rings. The Morgan fingerprint density at radius 1 is 1.12 bits per heavy atom. The summed E-state index contributed by atoms with van der Waals surface area (Å²) in [6.07, 6.45) is 0.296. The van der Waals surface area contributed by atoms with Gasteiger partial charge in [-0.2, -0.15) is 0 Å². The summed E-state index contributed by atoms with van der Waals surface area (Å²) in [7, 11) is 1.47. The number of hydrogen-bond donors (Lipinski definition) is 3. The highest BCUT2D eigenvalue weighted by Gasteiger charge is 2.13. The molecule has 0 aliphatic rings. The second-order valence-corrected chi connectivity index (χ2v) is 5.01. The monoisotopic (exact) mass is 361 g/mol. The second kappa shape index (κ2) is 10.0. The number of amides is 2. The van der Waals surface area contributed by atoms with Crippen LogP contribution in [-0.2, 0) is 4.79 Å². The van der Waals surface area contributed by atoms with Gasteiger partial charge in [-0.15, -0.1) is 0 Å². The number of rotatable bonds is 5. The van der Waals surface area contributed by atoms with Gasteiger partial charge in [0.25, 0.3) is 5.91 Å². The van der Waals surface area contributed by atoms with E-state index in [4.69, 9.17) is 10.5 Å². The van der Waals surface area contributed by atoms with Crippen LogP contribution in [0.25, 0.3) is 0 Å². The minimum absolute atomic E-state index is 0.00186. The first-order chi connectivity index (χ1) is 12.4. The van der Waals surface area contributed by atoms with Gasteiger partial charge in [0.1, 0.15) is 11.6 Å². The van der Waals surface area contributed by atoms with Gasteiger partial charge >= 0.3 is 0 Å². The van der Waals surface area contributed by atoms with Gasteiger partial charge in [0, 0.05) is 17.7 Å². The van der Waals surface area contributed by atoms with Crippen molar-refractivity contribution in [3.8, 4) is 5.75 Å². The summed E-state index contributed by atoms with van der Waals surface area (Å²) >= 11 is 0. The van der Waals surface area contributed by atoms with E-state index in [0.717, 1.165) is 6.07 Å². The quantitative estimate of drug-likeness (QED) is 0.701. The van der Waals surface area contributed by atoms with Crippen molar-refractivity contribution >= 4 is 28.9 Å². The molecule has 4 N–H and O–H groups in total. The van der Waals surface area contributed by atoms with Crippen LogP contribution < -0.4 is 21.1 Å². The van der Waals surface area contributed by atoms with Crippen LogP contribution in [-0.4, -0.2) is 18.9 Å². The molecule has 2 aromatic carbocycles. The Morgan fingerprint density at radius 3 is 2.38 bits per heavy atom. The van der Waals surface area contributed by atoms with Gasteiger partial charge in [-0.3, -0.25) is 9.59 Å². The number of benzene rings is 2. The number of nitrogens with one attached hydrogen (secondary N) is 2. The number of nitrogens with two attached hydrogens (primary N) is 1. The smallest absolute Gasteiger partial charge is 0.255 e. The molecular formula is C19H24FN3O3. The largest absolute Gasteiger partial charge is 0.495 e. The van der Waals surface area contributed by atoms with Gasteiger partial charge in [-0.05, 0) is 36.4 Å². The maximum Gasteiger partial charge on any atom is 0.255 e. The van der Waals surface area contributed by atoms with Crippen LogP contribution in [0.3, 0.4) is 0 Å². The molecule has 0 saturated heterocycles. The van der Waals surface area contributed by atoms with Crippen molar-refractivity contribution in [2.24, 2.45) is 0 Å². The predicted molar refractivity (Wildman–Crippen MR) is 102 cm³/mol. The lowest BCUT2D eigenvalue weighted by Gasteiger charge is -2.12. The van der Waals surface area contributed by atoms with E-state index >= 15 is 0 Å². The van der Waals surface area contributed by atoms with Gasteiger partial charge in [-0.25, -0.2) is 4.39 Å². The molecule has 0 aliphatic heterocycles. The lowest BCUT2D eigenvalue weighted by atomic mass is 10.1. The van der Waals surface area contributed by atoms with Crippen molar-refractivity contribution in [2.75, 3.05) is 23.5 Å². The van der Waals surface area contributed by atoms with Crippen LogP contribution in [0.2, 0.25) is 0 Å².